The first-order chi connectivity index (χ1) is 10.1. The van der Waals surface area contributed by atoms with Crippen LogP contribution >= 0.6 is 12.2 Å². The van der Waals surface area contributed by atoms with Gasteiger partial charge in [0.25, 0.3) is 0 Å². The lowest BCUT2D eigenvalue weighted by Gasteiger charge is -2.12. The molecule has 0 radical (unpaired) electrons. The maximum atomic E-state index is 5.77. The molecule has 0 atom stereocenters. The van der Waals surface area contributed by atoms with Gasteiger partial charge in [0.05, 0.1) is 5.56 Å². The van der Waals surface area contributed by atoms with Crippen LogP contribution in [0.1, 0.15) is 11.3 Å². The molecule has 1 aromatic carbocycles. The molecule has 0 saturated carbocycles. The third-order valence-corrected chi connectivity index (χ3v) is 3.46. The van der Waals surface area contributed by atoms with Gasteiger partial charge in [-0.15, -0.1) is 0 Å². The Kier molecular flexibility index (Phi) is 3.50. The van der Waals surface area contributed by atoms with Crippen LogP contribution < -0.4 is 11.1 Å². The van der Waals surface area contributed by atoms with Crippen molar-refractivity contribution in [2.24, 2.45) is 5.73 Å². The molecule has 0 amide bonds. The third kappa shape index (κ3) is 2.68. The summed E-state index contributed by atoms with van der Waals surface area (Å²) in [5.74, 6) is 0.666. The van der Waals surface area contributed by atoms with E-state index < -0.39 is 0 Å². The monoisotopic (exact) mass is 294 g/mol. The molecule has 5 heteroatoms. The summed E-state index contributed by atoms with van der Waals surface area (Å²) in [4.78, 5) is 9.00. The van der Waals surface area contributed by atoms with Gasteiger partial charge in [0.2, 0.25) is 0 Å². The highest BCUT2D eigenvalue weighted by atomic mass is 32.1. The van der Waals surface area contributed by atoms with Crippen LogP contribution in [0.15, 0.2) is 48.8 Å². The Morgan fingerprint density at radius 1 is 1.19 bits per heavy atom. The maximum Gasteiger partial charge on any atom is 0.140 e. The largest absolute Gasteiger partial charge is 0.389 e. The molecule has 0 aliphatic heterocycles. The van der Waals surface area contributed by atoms with Gasteiger partial charge >= 0.3 is 0 Å². The van der Waals surface area contributed by atoms with Gasteiger partial charge in [-0.1, -0.05) is 24.4 Å². The number of nitrogens with zero attached hydrogens (tertiary/aromatic N) is 2. The normalized spacial score (nSPS) is 10.5. The maximum absolute atomic E-state index is 5.77. The van der Waals surface area contributed by atoms with Gasteiger partial charge in [0, 0.05) is 29.2 Å². The highest BCUT2D eigenvalue weighted by Crippen LogP contribution is 2.26. The molecule has 0 saturated heterocycles. The minimum atomic E-state index is 0.323. The molecular formula is C16H14N4S. The van der Waals surface area contributed by atoms with Crippen LogP contribution in [-0.2, 0) is 0 Å². The van der Waals surface area contributed by atoms with Gasteiger partial charge in [-0.25, -0.2) is 4.98 Å². The Labute approximate surface area is 128 Å². The quantitative estimate of drug-likeness (QED) is 0.726. The van der Waals surface area contributed by atoms with E-state index in [-0.39, 0.29) is 0 Å². The summed E-state index contributed by atoms with van der Waals surface area (Å²) < 4.78 is 0. The number of hydrogen-bond donors (Lipinski definition) is 2. The minimum absolute atomic E-state index is 0.323. The van der Waals surface area contributed by atoms with Gasteiger partial charge < -0.3 is 11.1 Å². The molecule has 0 bridgehead atoms. The minimum Gasteiger partial charge on any atom is -0.389 e. The summed E-state index contributed by atoms with van der Waals surface area (Å²) in [7, 11) is 0. The van der Waals surface area contributed by atoms with Crippen molar-refractivity contribution < 1.29 is 0 Å². The molecule has 0 unspecified atom stereocenters. The van der Waals surface area contributed by atoms with Crippen LogP contribution in [0.4, 0.5) is 11.5 Å². The molecule has 0 spiro atoms. The molecule has 2 heterocycles. The smallest absolute Gasteiger partial charge is 0.140 e. The number of benzene rings is 1. The van der Waals surface area contributed by atoms with Gasteiger partial charge in [0.15, 0.2) is 0 Å². The van der Waals surface area contributed by atoms with E-state index >= 15 is 0 Å². The standard InChI is InChI=1S/C16H14N4S/c1-10-5-6-12(15(17)21)16(19-10)20-14-4-2-3-11-7-8-18-9-13(11)14/h2-9H,1H3,(H2,17,21)(H,19,20). The SMILES string of the molecule is Cc1ccc(C(N)=S)c(Nc2cccc3ccncc23)n1. The Morgan fingerprint density at radius 2 is 2.05 bits per heavy atom. The summed E-state index contributed by atoms with van der Waals surface area (Å²) in [5, 5.41) is 5.45. The predicted octanol–water partition coefficient (Wildman–Crippen LogP) is 3.32. The lowest BCUT2D eigenvalue weighted by molar-refractivity contribution is 1.19. The second kappa shape index (κ2) is 5.46. The van der Waals surface area contributed by atoms with Crippen LogP contribution in [0, 0.1) is 6.92 Å². The van der Waals surface area contributed by atoms with Gasteiger partial charge in [-0.05, 0) is 36.6 Å². The van der Waals surface area contributed by atoms with Crippen molar-refractivity contribution in [3.63, 3.8) is 0 Å². The number of hydrogen-bond acceptors (Lipinski definition) is 4. The number of nitrogens with one attached hydrogen (secondary N) is 1. The van der Waals surface area contributed by atoms with Crippen molar-refractivity contribution in [3.05, 3.63) is 60.0 Å². The Hall–Kier alpha value is -2.53. The molecule has 0 aliphatic rings. The fourth-order valence-corrected chi connectivity index (χ4v) is 2.37. The van der Waals surface area contributed by atoms with Crippen LogP contribution in [0.3, 0.4) is 0 Å². The van der Waals surface area contributed by atoms with Gasteiger partial charge in [-0.2, -0.15) is 0 Å². The second-order valence-electron chi connectivity index (χ2n) is 4.74. The van der Waals surface area contributed by atoms with E-state index in [9.17, 15) is 0 Å². The topological polar surface area (TPSA) is 63.8 Å². The molecule has 3 N–H and O–H groups in total. The lowest BCUT2D eigenvalue weighted by atomic mass is 10.1. The highest BCUT2D eigenvalue weighted by Gasteiger charge is 2.09. The molecule has 104 valence electrons. The Balaban J connectivity index is 2.11. The Bertz CT molecular complexity index is 824. The third-order valence-electron chi connectivity index (χ3n) is 3.24. The average molecular weight is 294 g/mol. The average Bonchev–Trinajstić information content (AvgIpc) is 2.47. The number of rotatable bonds is 3. The summed E-state index contributed by atoms with van der Waals surface area (Å²) >= 11 is 5.09. The first-order valence-electron chi connectivity index (χ1n) is 6.52. The number of pyridine rings is 2. The number of fused-ring (bicyclic) bond motifs is 1. The van der Waals surface area contributed by atoms with Gasteiger partial charge in [-0.3, -0.25) is 4.98 Å². The van der Waals surface area contributed by atoms with Crippen LogP contribution in [-0.4, -0.2) is 15.0 Å². The van der Waals surface area contributed by atoms with Crippen LogP contribution in [0.25, 0.3) is 10.8 Å². The van der Waals surface area contributed by atoms with E-state index in [1.807, 2.05) is 49.5 Å². The molecule has 0 aliphatic carbocycles. The fraction of sp³-hybridized carbons (Fsp3) is 0.0625. The molecule has 0 fully saturated rings. The summed E-state index contributed by atoms with van der Waals surface area (Å²) in [6.45, 7) is 1.93. The summed E-state index contributed by atoms with van der Waals surface area (Å²) in [5.41, 5.74) is 8.33. The van der Waals surface area contributed by atoms with E-state index in [4.69, 9.17) is 18.0 Å². The van der Waals surface area contributed by atoms with E-state index in [0.717, 1.165) is 27.7 Å². The molecule has 4 nitrogen and oxygen atoms in total. The zero-order valence-electron chi connectivity index (χ0n) is 11.5. The molecule has 2 aromatic heterocycles. The Morgan fingerprint density at radius 3 is 2.86 bits per heavy atom. The fourth-order valence-electron chi connectivity index (χ4n) is 2.20. The van der Waals surface area contributed by atoms with Crippen molar-refractivity contribution in [2.45, 2.75) is 6.92 Å². The highest BCUT2D eigenvalue weighted by molar-refractivity contribution is 7.80. The number of thiocarbonyl (C=S) groups is 1. The van der Waals surface area contributed by atoms with Gasteiger partial charge in [0.1, 0.15) is 10.8 Å². The van der Waals surface area contributed by atoms with Crippen LogP contribution in [0.2, 0.25) is 0 Å². The van der Waals surface area contributed by atoms with E-state index in [0.29, 0.717) is 10.8 Å². The number of aryl methyl sites for hydroxylation is 1. The van der Waals surface area contributed by atoms with Crippen molar-refractivity contribution >= 4 is 39.5 Å². The number of aromatic nitrogens is 2. The molecule has 3 rings (SSSR count). The van der Waals surface area contributed by atoms with Crippen LogP contribution in [0.5, 0.6) is 0 Å². The molecule has 3 aromatic rings. The molecular weight excluding hydrogens is 280 g/mol. The van der Waals surface area contributed by atoms with E-state index in [1.54, 1.807) is 6.20 Å². The van der Waals surface area contributed by atoms with E-state index in [1.165, 1.54) is 0 Å². The summed E-state index contributed by atoms with van der Waals surface area (Å²) in [6.07, 6.45) is 3.60. The zero-order valence-corrected chi connectivity index (χ0v) is 12.3. The number of anilines is 2. The first-order valence-corrected chi connectivity index (χ1v) is 6.93. The number of nitrogens with two attached hydrogens (primary N) is 1. The summed E-state index contributed by atoms with van der Waals surface area (Å²) in [6, 6.07) is 11.8. The van der Waals surface area contributed by atoms with Crippen molar-refractivity contribution in [1.29, 1.82) is 0 Å². The molecule has 21 heavy (non-hydrogen) atoms. The first kappa shape index (κ1) is 13.5. The zero-order chi connectivity index (χ0) is 14.8. The van der Waals surface area contributed by atoms with E-state index in [2.05, 4.69) is 15.3 Å². The van der Waals surface area contributed by atoms with Crippen molar-refractivity contribution in [2.75, 3.05) is 5.32 Å². The van der Waals surface area contributed by atoms with Crippen molar-refractivity contribution in [1.82, 2.24) is 9.97 Å². The predicted molar refractivity (Wildman–Crippen MR) is 89.9 cm³/mol. The van der Waals surface area contributed by atoms with Crippen molar-refractivity contribution in [3.8, 4) is 0 Å². The second-order valence-corrected chi connectivity index (χ2v) is 5.18. The lowest BCUT2D eigenvalue weighted by Crippen LogP contribution is -2.13.